The molecule has 0 saturated heterocycles. The molecule has 0 aliphatic rings. The molecule has 0 aliphatic carbocycles. The first-order valence-electron chi connectivity index (χ1n) is 5.49. The van der Waals surface area contributed by atoms with Gasteiger partial charge in [-0.2, -0.15) is 5.26 Å². The standard InChI is InChI=1S/C12H14N2O3S/c1-2-18(16,17)11-5-3-10(4-6-11)7-8-14-12(15)9-13/h3-6H,2,7-8H2,1H3,(H,14,15). The molecule has 1 aromatic rings. The van der Waals surface area contributed by atoms with E-state index in [2.05, 4.69) is 5.32 Å². The summed E-state index contributed by atoms with van der Waals surface area (Å²) in [6.45, 7) is 1.95. The Kier molecular flexibility index (Phi) is 4.86. The molecule has 0 unspecified atom stereocenters. The van der Waals surface area contributed by atoms with Crippen LogP contribution < -0.4 is 5.32 Å². The smallest absolute Gasteiger partial charge is 0.322 e. The molecule has 96 valence electrons. The minimum Gasteiger partial charge on any atom is -0.343 e. The fourth-order valence-electron chi connectivity index (χ4n) is 1.39. The van der Waals surface area contributed by atoms with E-state index >= 15 is 0 Å². The second-order valence-electron chi connectivity index (χ2n) is 3.67. The van der Waals surface area contributed by atoms with Crippen LogP contribution in [-0.4, -0.2) is 26.6 Å². The van der Waals surface area contributed by atoms with Crippen molar-refractivity contribution >= 4 is 15.7 Å². The van der Waals surface area contributed by atoms with E-state index in [4.69, 9.17) is 5.26 Å². The average Bonchev–Trinajstić information content (AvgIpc) is 2.39. The molecule has 6 heteroatoms. The first kappa shape index (κ1) is 14.2. The molecule has 0 heterocycles. The molecule has 0 saturated carbocycles. The summed E-state index contributed by atoms with van der Waals surface area (Å²) in [6, 6.07) is 7.99. The molecule has 1 rings (SSSR count). The minimum absolute atomic E-state index is 0.0740. The summed E-state index contributed by atoms with van der Waals surface area (Å²) in [5.74, 6) is -0.593. The quantitative estimate of drug-likeness (QED) is 0.793. The molecular weight excluding hydrogens is 252 g/mol. The third kappa shape index (κ3) is 3.86. The predicted octanol–water partition coefficient (Wildman–Crippen LogP) is 0.662. The van der Waals surface area contributed by atoms with Gasteiger partial charge in [-0.3, -0.25) is 4.79 Å². The van der Waals surface area contributed by atoms with Gasteiger partial charge in [0.05, 0.1) is 10.6 Å². The van der Waals surface area contributed by atoms with Crippen molar-refractivity contribution < 1.29 is 13.2 Å². The van der Waals surface area contributed by atoms with Gasteiger partial charge >= 0.3 is 5.91 Å². The van der Waals surface area contributed by atoms with Gasteiger partial charge in [-0.1, -0.05) is 19.1 Å². The second kappa shape index (κ2) is 6.17. The Bertz CT molecular complexity index is 556. The lowest BCUT2D eigenvalue weighted by Gasteiger charge is -2.04. The van der Waals surface area contributed by atoms with Crippen molar-refractivity contribution in [1.29, 1.82) is 5.26 Å². The van der Waals surface area contributed by atoms with Crippen LogP contribution in [0.5, 0.6) is 0 Å². The van der Waals surface area contributed by atoms with Crippen LogP contribution in [0, 0.1) is 11.3 Å². The van der Waals surface area contributed by atoms with Crippen molar-refractivity contribution in [1.82, 2.24) is 5.32 Å². The summed E-state index contributed by atoms with van der Waals surface area (Å²) in [7, 11) is -3.17. The van der Waals surface area contributed by atoms with Gasteiger partial charge in [0.15, 0.2) is 15.9 Å². The summed E-state index contributed by atoms with van der Waals surface area (Å²) in [4.78, 5) is 11.0. The highest BCUT2D eigenvalue weighted by Gasteiger charge is 2.10. The number of benzene rings is 1. The van der Waals surface area contributed by atoms with Gasteiger partial charge in [0.1, 0.15) is 0 Å². The molecule has 18 heavy (non-hydrogen) atoms. The maximum absolute atomic E-state index is 11.6. The summed E-state index contributed by atoms with van der Waals surface area (Å²) in [5, 5.41) is 10.7. The van der Waals surface area contributed by atoms with Crippen molar-refractivity contribution in [3.8, 4) is 6.07 Å². The van der Waals surface area contributed by atoms with Crippen LogP contribution in [0.3, 0.4) is 0 Å². The van der Waals surface area contributed by atoms with E-state index in [-0.39, 0.29) is 5.75 Å². The fraction of sp³-hybridized carbons (Fsp3) is 0.333. The lowest BCUT2D eigenvalue weighted by molar-refractivity contribution is -0.115. The van der Waals surface area contributed by atoms with Gasteiger partial charge in [-0.15, -0.1) is 0 Å². The number of nitrogens with one attached hydrogen (secondary N) is 1. The zero-order valence-corrected chi connectivity index (χ0v) is 10.8. The van der Waals surface area contributed by atoms with E-state index in [1.165, 1.54) is 6.07 Å². The molecule has 0 aromatic heterocycles. The number of carbonyl (C=O) groups excluding carboxylic acids is 1. The van der Waals surface area contributed by atoms with Gasteiger partial charge in [-0.05, 0) is 24.1 Å². The molecule has 1 amide bonds. The lowest BCUT2D eigenvalue weighted by Crippen LogP contribution is -2.23. The van der Waals surface area contributed by atoms with E-state index in [0.29, 0.717) is 17.9 Å². The van der Waals surface area contributed by atoms with Crippen molar-refractivity contribution in [3.63, 3.8) is 0 Å². The number of nitrogens with zero attached hydrogens (tertiary/aromatic N) is 1. The number of amides is 1. The Morgan fingerprint density at radius 3 is 2.44 bits per heavy atom. The monoisotopic (exact) mass is 266 g/mol. The molecule has 0 radical (unpaired) electrons. The van der Waals surface area contributed by atoms with Crippen molar-refractivity contribution in [2.24, 2.45) is 0 Å². The molecule has 0 spiro atoms. The SMILES string of the molecule is CCS(=O)(=O)c1ccc(CCNC(=O)C#N)cc1. The Hall–Kier alpha value is -1.87. The van der Waals surface area contributed by atoms with Crippen LogP contribution in [-0.2, 0) is 21.1 Å². The lowest BCUT2D eigenvalue weighted by atomic mass is 10.1. The first-order chi connectivity index (χ1) is 8.49. The van der Waals surface area contributed by atoms with E-state index in [0.717, 1.165) is 5.56 Å². The highest BCUT2D eigenvalue weighted by molar-refractivity contribution is 7.91. The largest absolute Gasteiger partial charge is 0.343 e. The molecule has 0 aliphatic heterocycles. The zero-order valence-electron chi connectivity index (χ0n) is 10.0. The van der Waals surface area contributed by atoms with Gasteiger partial charge in [-0.25, -0.2) is 8.42 Å². The molecule has 0 fully saturated rings. The number of nitriles is 1. The molecule has 1 aromatic carbocycles. The van der Waals surface area contributed by atoms with Crippen molar-refractivity contribution in [3.05, 3.63) is 29.8 Å². The van der Waals surface area contributed by atoms with E-state index in [9.17, 15) is 13.2 Å². The predicted molar refractivity (Wildman–Crippen MR) is 66.5 cm³/mol. The first-order valence-corrected chi connectivity index (χ1v) is 7.14. The van der Waals surface area contributed by atoms with Crippen LogP contribution in [0.25, 0.3) is 0 Å². The van der Waals surface area contributed by atoms with E-state index in [1.54, 1.807) is 31.2 Å². The van der Waals surface area contributed by atoms with Crippen molar-refractivity contribution in [2.75, 3.05) is 12.3 Å². The highest BCUT2D eigenvalue weighted by atomic mass is 32.2. The molecule has 1 N–H and O–H groups in total. The number of hydrogen-bond acceptors (Lipinski definition) is 4. The highest BCUT2D eigenvalue weighted by Crippen LogP contribution is 2.12. The average molecular weight is 266 g/mol. The van der Waals surface area contributed by atoms with E-state index in [1.807, 2.05) is 0 Å². The number of hydrogen-bond donors (Lipinski definition) is 1. The number of carbonyl (C=O) groups is 1. The van der Waals surface area contributed by atoms with Gasteiger partial charge in [0.2, 0.25) is 0 Å². The second-order valence-corrected chi connectivity index (χ2v) is 5.94. The fourth-order valence-corrected chi connectivity index (χ4v) is 2.27. The van der Waals surface area contributed by atoms with Crippen LogP contribution in [0.2, 0.25) is 0 Å². The molecular formula is C12H14N2O3S. The van der Waals surface area contributed by atoms with Gasteiger partial charge < -0.3 is 5.32 Å². The van der Waals surface area contributed by atoms with Crippen LogP contribution >= 0.6 is 0 Å². The maximum atomic E-state index is 11.6. The zero-order chi connectivity index (χ0) is 13.6. The Morgan fingerprint density at radius 1 is 1.33 bits per heavy atom. The van der Waals surface area contributed by atoms with Crippen LogP contribution in [0.4, 0.5) is 0 Å². The van der Waals surface area contributed by atoms with Crippen molar-refractivity contribution in [2.45, 2.75) is 18.2 Å². The molecule has 0 atom stereocenters. The van der Waals surface area contributed by atoms with Gasteiger partial charge in [0, 0.05) is 6.54 Å². The van der Waals surface area contributed by atoms with Gasteiger partial charge in [0.25, 0.3) is 0 Å². The van der Waals surface area contributed by atoms with Crippen LogP contribution in [0.1, 0.15) is 12.5 Å². The third-order valence-electron chi connectivity index (χ3n) is 2.46. The number of sulfone groups is 1. The summed E-state index contributed by atoms with van der Waals surface area (Å²) >= 11 is 0. The number of rotatable bonds is 5. The normalized spacial score (nSPS) is 10.7. The third-order valence-corrected chi connectivity index (χ3v) is 4.21. The summed E-state index contributed by atoms with van der Waals surface area (Å²) < 4.78 is 23.1. The minimum atomic E-state index is -3.17. The topological polar surface area (TPSA) is 87.0 Å². The summed E-state index contributed by atoms with van der Waals surface area (Å²) in [6.07, 6.45) is 0.555. The summed E-state index contributed by atoms with van der Waals surface area (Å²) in [5.41, 5.74) is 0.906. The molecule has 5 nitrogen and oxygen atoms in total. The van der Waals surface area contributed by atoms with Crippen LogP contribution in [0.15, 0.2) is 29.2 Å². The van der Waals surface area contributed by atoms with E-state index < -0.39 is 15.7 Å². The Balaban J connectivity index is 2.62. The maximum Gasteiger partial charge on any atom is 0.322 e. The Labute approximate surface area is 106 Å². The molecule has 0 bridgehead atoms. The Morgan fingerprint density at radius 2 is 1.94 bits per heavy atom.